The van der Waals surface area contributed by atoms with E-state index in [4.69, 9.17) is 16.3 Å². The van der Waals surface area contributed by atoms with Crippen LogP contribution in [0.5, 0.6) is 5.75 Å². The molecule has 2 aromatic carbocycles. The van der Waals surface area contributed by atoms with Gasteiger partial charge >= 0.3 is 0 Å². The number of ketones is 1. The van der Waals surface area contributed by atoms with Gasteiger partial charge in [0.15, 0.2) is 0 Å². The molecule has 1 aliphatic heterocycles. The maximum atomic E-state index is 13.1. The molecule has 0 radical (unpaired) electrons. The molecule has 2 heterocycles. The van der Waals surface area contributed by atoms with E-state index in [0.717, 1.165) is 10.4 Å². The van der Waals surface area contributed by atoms with Crippen LogP contribution in [0.15, 0.2) is 65.6 Å². The van der Waals surface area contributed by atoms with Gasteiger partial charge in [0.2, 0.25) is 0 Å². The van der Waals surface area contributed by atoms with Gasteiger partial charge in [-0.15, -0.1) is 11.3 Å². The number of hydrogen-bond acceptors (Lipinski definition) is 5. The van der Waals surface area contributed by atoms with Crippen LogP contribution < -0.4 is 9.64 Å². The predicted octanol–water partition coefficient (Wildman–Crippen LogP) is 5.34. The summed E-state index contributed by atoms with van der Waals surface area (Å²) in [7, 11) is 1.49. The highest BCUT2D eigenvalue weighted by atomic mass is 35.5. The number of halogens is 1. The molecule has 0 bridgehead atoms. The molecular weight excluding hydrogens is 422 g/mol. The van der Waals surface area contributed by atoms with Gasteiger partial charge in [-0.3, -0.25) is 14.5 Å². The van der Waals surface area contributed by atoms with E-state index in [9.17, 15) is 14.7 Å². The number of Topliss-reactive ketones (excluding diaryl/α,β-unsaturated/α-hetero) is 1. The van der Waals surface area contributed by atoms with Crippen molar-refractivity contribution in [3.63, 3.8) is 0 Å². The molecule has 7 heteroatoms. The molecular formula is C23H18ClNO4S. The Morgan fingerprint density at radius 3 is 2.60 bits per heavy atom. The van der Waals surface area contributed by atoms with Crippen molar-refractivity contribution in [3.8, 4) is 5.75 Å². The highest BCUT2D eigenvalue weighted by molar-refractivity contribution is 7.10. The van der Waals surface area contributed by atoms with E-state index in [1.54, 1.807) is 36.4 Å². The number of rotatable bonds is 4. The Morgan fingerprint density at radius 2 is 1.93 bits per heavy atom. The van der Waals surface area contributed by atoms with E-state index in [-0.39, 0.29) is 11.3 Å². The number of aliphatic hydroxyl groups excluding tert-OH is 1. The van der Waals surface area contributed by atoms with Crippen molar-refractivity contribution in [2.75, 3.05) is 12.0 Å². The number of methoxy groups -OCH3 is 1. The van der Waals surface area contributed by atoms with Crippen LogP contribution in [0.1, 0.15) is 22.0 Å². The Hall–Kier alpha value is -3.09. The largest absolute Gasteiger partial charge is 0.507 e. The summed E-state index contributed by atoms with van der Waals surface area (Å²) in [6, 6.07) is 14.9. The minimum Gasteiger partial charge on any atom is -0.507 e. The molecule has 3 aromatic rings. The number of hydrogen-bond donors (Lipinski definition) is 1. The van der Waals surface area contributed by atoms with Crippen LogP contribution in [-0.4, -0.2) is 23.9 Å². The van der Waals surface area contributed by atoms with E-state index in [1.165, 1.54) is 23.3 Å². The summed E-state index contributed by atoms with van der Waals surface area (Å²) in [6.45, 7) is 1.87. The highest BCUT2D eigenvalue weighted by Gasteiger charge is 2.47. The van der Waals surface area contributed by atoms with Gasteiger partial charge in [0.05, 0.1) is 18.2 Å². The number of carbonyl (C=O) groups is 2. The second kappa shape index (κ2) is 7.97. The van der Waals surface area contributed by atoms with Crippen molar-refractivity contribution in [2.24, 2.45) is 0 Å². The van der Waals surface area contributed by atoms with Crippen LogP contribution in [0.25, 0.3) is 5.76 Å². The summed E-state index contributed by atoms with van der Waals surface area (Å²) in [5, 5.41) is 13.5. The maximum absolute atomic E-state index is 13.1. The topological polar surface area (TPSA) is 66.8 Å². The fourth-order valence-corrected chi connectivity index (χ4v) is 4.60. The average molecular weight is 440 g/mol. The van der Waals surface area contributed by atoms with Crippen molar-refractivity contribution >= 4 is 46.1 Å². The lowest BCUT2D eigenvalue weighted by atomic mass is 9.98. The van der Waals surface area contributed by atoms with Crippen LogP contribution in [0.2, 0.25) is 5.02 Å². The molecule has 1 aromatic heterocycles. The number of ether oxygens (including phenoxy) is 1. The van der Waals surface area contributed by atoms with Crippen LogP contribution in [0.4, 0.5) is 5.69 Å². The third-order valence-electron chi connectivity index (χ3n) is 4.95. The van der Waals surface area contributed by atoms with Crippen LogP contribution in [0, 0.1) is 6.92 Å². The zero-order chi connectivity index (χ0) is 21.4. The summed E-state index contributed by atoms with van der Waals surface area (Å²) in [4.78, 5) is 28.3. The van der Waals surface area contributed by atoms with Crippen molar-refractivity contribution in [1.82, 2.24) is 0 Å². The van der Waals surface area contributed by atoms with Crippen LogP contribution >= 0.6 is 22.9 Å². The van der Waals surface area contributed by atoms with Crippen molar-refractivity contribution in [1.29, 1.82) is 0 Å². The van der Waals surface area contributed by atoms with Gasteiger partial charge in [0, 0.05) is 15.6 Å². The molecule has 1 unspecified atom stereocenters. The van der Waals surface area contributed by atoms with Gasteiger partial charge in [-0.1, -0.05) is 35.4 Å². The van der Waals surface area contributed by atoms with Crippen LogP contribution in [-0.2, 0) is 9.59 Å². The van der Waals surface area contributed by atoms with E-state index in [0.29, 0.717) is 22.0 Å². The third kappa shape index (κ3) is 3.38. The minimum atomic E-state index is -0.770. The number of benzene rings is 2. The molecule has 1 atom stereocenters. The first-order chi connectivity index (χ1) is 14.4. The Balaban J connectivity index is 1.97. The number of aliphatic hydroxyl groups is 1. The molecule has 1 N–H and O–H groups in total. The molecule has 0 aliphatic carbocycles. The molecule has 1 amide bonds. The molecule has 1 fully saturated rings. The highest BCUT2D eigenvalue weighted by Crippen LogP contribution is 2.44. The quantitative estimate of drug-likeness (QED) is 0.338. The van der Waals surface area contributed by atoms with Gasteiger partial charge in [-0.05, 0) is 48.7 Å². The maximum Gasteiger partial charge on any atom is 0.300 e. The first-order valence-electron chi connectivity index (χ1n) is 9.17. The number of carbonyl (C=O) groups excluding carboxylic acids is 2. The molecule has 5 nitrogen and oxygen atoms in total. The first kappa shape index (κ1) is 20.2. The molecule has 0 saturated carbocycles. The second-order valence-corrected chi connectivity index (χ2v) is 8.28. The van der Waals surface area contributed by atoms with Gasteiger partial charge in [-0.2, -0.15) is 0 Å². The van der Waals surface area contributed by atoms with Gasteiger partial charge in [0.25, 0.3) is 11.7 Å². The van der Waals surface area contributed by atoms with Crippen LogP contribution in [0.3, 0.4) is 0 Å². The smallest absolute Gasteiger partial charge is 0.300 e. The minimum absolute atomic E-state index is 0.0197. The summed E-state index contributed by atoms with van der Waals surface area (Å²) in [6.07, 6.45) is 0. The monoisotopic (exact) mass is 439 g/mol. The van der Waals surface area contributed by atoms with E-state index in [2.05, 4.69) is 0 Å². The summed E-state index contributed by atoms with van der Waals surface area (Å²) >= 11 is 7.53. The Labute approximate surface area is 182 Å². The lowest BCUT2D eigenvalue weighted by Crippen LogP contribution is -2.29. The lowest BCUT2D eigenvalue weighted by Gasteiger charge is -2.24. The average Bonchev–Trinajstić information content (AvgIpc) is 3.34. The van der Waals surface area contributed by atoms with E-state index < -0.39 is 17.7 Å². The Morgan fingerprint density at radius 1 is 1.13 bits per heavy atom. The molecule has 0 spiro atoms. The molecule has 1 aliphatic rings. The zero-order valence-corrected chi connectivity index (χ0v) is 17.8. The Bertz CT molecular complexity index is 1170. The van der Waals surface area contributed by atoms with Gasteiger partial charge in [0.1, 0.15) is 17.6 Å². The van der Waals surface area contributed by atoms with Gasteiger partial charge < -0.3 is 9.84 Å². The zero-order valence-electron chi connectivity index (χ0n) is 16.3. The first-order valence-corrected chi connectivity index (χ1v) is 10.4. The molecule has 4 rings (SSSR count). The van der Waals surface area contributed by atoms with Crippen molar-refractivity contribution in [2.45, 2.75) is 13.0 Å². The second-order valence-electron chi connectivity index (χ2n) is 6.87. The molecule has 152 valence electrons. The molecule has 30 heavy (non-hydrogen) atoms. The summed E-state index contributed by atoms with van der Waals surface area (Å²) < 4.78 is 5.38. The fraction of sp³-hybridized carbons (Fsp3) is 0.130. The Kier molecular flexibility index (Phi) is 5.37. The van der Waals surface area contributed by atoms with E-state index >= 15 is 0 Å². The third-order valence-corrected chi connectivity index (χ3v) is 6.11. The number of thiophene rings is 1. The standard InChI is InChI=1S/C23H18ClNO4S/c1-13-8-9-17(29-2)16(11-13)21(26)19-20(18-7-4-10-30-18)25(23(28)22(19)27)15-6-3-5-14(24)12-15/h3-12,20,26H,1-2H3/b21-19-. The van der Waals surface area contributed by atoms with Crippen molar-refractivity contribution < 1.29 is 19.4 Å². The molecule has 1 saturated heterocycles. The number of nitrogens with zero attached hydrogens (tertiary/aromatic N) is 1. The summed E-state index contributed by atoms with van der Waals surface area (Å²) in [5.74, 6) is -1.33. The normalized spacial score (nSPS) is 18.1. The summed E-state index contributed by atoms with van der Waals surface area (Å²) in [5.41, 5.74) is 1.75. The van der Waals surface area contributed by atoms with Gasteiger partial charge in [-0.25, -0.2) is 0 Å². The number of aryl methyl sites for hydroxylation is 1. The predicted molar refractivity (Wildman–Crippen MR) is 118 cm³/mol. The lowest BCUT2D eigenvalue weighted by molar-refractivity contribution is -0.132. The fourth-order valence-electron chi connectivity index (χ4n) is 3.59. The van der Waals surface area contributed by atoms with E-state index in [1.807, 2.05) is 30.5 Å². The van der Waals surface area contributed by atoms with Crippen molar-refractivity contribution in [3.05, 3.63) is 86.6 Å². The number of anilines is 1. The SMILES string of the molecule is COc1ccc(C)cc1/C(O)=C1/C(=O)C(=O)N(c2cccc(Cl)c2)C1c1cccs1. The number of amides is 1.